The van der Waals surface area contributed by atoms with E-state index in [0.29, 0.717) is 19.3 Å². The van der Waals surface area contributed by atoms with E-state index in [0.717, 1.165) is 128 Å². The van der Waals surface area contributed by atoms with Crippen molar-refractivity contribution < 1.29 is 75.8 Å². The lowest BCUT2D eigenvalue weighted by molar-refractivity contribution is -0.161. The third-order valence-corrected chi connectivity index (χ3v) is 17.5. The summed E-state index contributed by atoms with van der Waals surface area (Å²) in [7, 11) is -9.76. The molecular weight excluding hydrogens is 1220 g/mol. The van der Waals surface area contributed by atoms with Gasteiger partial charge in [-0.1, -0.05) is 273 Å². The highest BCUT2D eigenvalue weighted by Gasteiger charge is 2.29. The Morgan fingerprint density at radius 1 is 0.312 bits per heavy atom. The van der Waals surface area contributed by atoms with Crippen LogP contribution in [0.25, 0.3) is 0 Å². The SMILES string of the molecule is CC/C=C\C/C=C\C/C=C\C/C=C\C/C=C\CCCCCCCCCCCCCCCCCCCC(=O)OCC(O)COP(=O)(O)OCC(O)COP(=O)(O)OCC(COC(=O)CCCCCCC/C=C\CCCCCC)OC(=O)CCCCCCC/C=C\CCCC. The number of unbranched alkanes of at least 4 members (excludes halogenated alkanes) is 33. The van der Waals surface area contributed by atoms with Crippen molar-refractivity contribution in [2.75, 3.05) is 39.6 Å². The maximum absolute atomic E-state index is 12.8. The summed E-state index contributed by atoms with van der Waals surface area (Å²) in [5.41, 5.74) is 0. The van der Waals surface area contributed by atoms with Gasteiger partial charge in [0.2, 0.25) is 0 Å². The molecule has 0 saturated heterocycles. The van der Waals surface area contributed by atoms with E-state index in [1.165, 1.54) is 128 Å². The first-order valence-corrected chi connectivity index (χ1v) is 39.9. The van der Waals surface area contributed by atoms with Crippen LogP contribution in [0.5, 0.6) is 0 Å². The summed E-state index contributed by atoms with van der Waals surface area (Å²) in [5, 5.41) is 20.6. The summed E-state index contributed by atoms with van der Waals surface area (Å²) in [6, 6.07) is 0. The van der Waals surface area contributed by atoms with Crippen molar-refractivity contribution in [3.63, 3.8) is 0 Å². The number of carbonyl (C=O) groups is 3. The lowest BCUT2D eigenvalue weighted by Gasteiger charge is -2.21. The quantitative estimate of drug-likeness (QED) is 0.0146. The molecule has 0 aliphatic rings. The average Bonchev–Trinajstić information content (AvgIpc) is 3.07. The van der Waals surface area contributed by atoms with Crippen LogP contribution < -0.4 is 0 Å². The number of allylic oxidation sites excluding steroid dienone is 14. The minimum Gasteiger partial charge on any atom is -0.463 e. The Kier molecular flexibility index (Phi) is 66.2. The molecule has 0 amide bonds. The minimum atomic E-state index is -4.92. The standard InChI is InChI=1S/C75H134O16P2/c1-4-7-10-13-16-19-22-24-25-26-27-28-29-30-31-32-33-34-35-36-37-38-39-40-41-42-43-45-48-49-52-55-58-61-73(78)85-64-70(76)65-87-92(81,82)88-66-71(77)67-89-93(83,84)90-69-72(91-75(80)63-60-57-54-51-46-21-18-15-12-9-6-3)68-86-74(79)62-59-56-53-50-47-44-23-20-17-14-11-8-5-2/h7,10,15-16,18-20,23-25,27-28,30-31,70-72,76-77H,4-6,8-9,11-14,17,21-22,26,29,32-69H2,1-3H3,(H,81,82)(H,83,84)/b10-7-,18-15-,19-16-,23-20-,25-24-,28-27-,31-30-. The fraction of sp³-hybridized carbons (Fsp3) is 0.773. The third-order valence-electron chi connectivity index (χ3n) is 15.6. The van der Waals surface area contributed by atoms with E-state index in [2.05, 4.69) is 106 Å². The largest absolute Gasteiger partial charge is 0.472 e. The summed E-state index contributed by atoms with van der Waals surface area (Å²) in [4.78, 5) is 58.3. The first kappa shape index (κ1) is 89.7. The predicted octanol–water partition coefficient (Wildman–Crippen LogP) is 20.9. The molecule has 0 aliphatic heterocycles. The highest BCUT2D eigenvalue weighted by Crippen LogP contribution is 2.45. The number of aliphatic hydroxyl groups excluding tert-OH is 2. The molecule has 18 heteroatoms. The van der Waals surface area contributed by atoms with Crippen molar-refractivity contribution in [2.45, 2.75) is 334 Å². The molecule has 0 spiro atoms. The number of phosphoric ester groups is 2. The molecule has 0 rings (SSSR count). The van der Waals surface area contributed by atoms with Crippen LogP contribution in [0.2, 0.25) is 0 Å². The Labute approximate surface area is 565 Å². The summed E-state index contributed by atoms with van der Waals surface area (Å²) in [6.45, 7) is 2.50. The lowest BCUT2D eigenvalue weighted by Crippen LogP contribution is -2.30. The lowest BCUT2D eigenvalue weighted by atomic mass is 10.0. The van der Waals surface area contributed by atoms with E-state index >= 15 is 0 Å². The predicted molar refractivity (Wildman–Crippen MR) is 381 cm³/mol. The van der Waals surface area contributed by atoms with Gasteiger partial charge in [0.05, 0.1) is 26.4 Å². The molecule has 0 bridgehead atoms. The van der Waals surface area contributed by atoms with Crippen molar-refractivity contribution in [1.82, 2.24) is 0 Å². The second kappa shape index (κ2) is 68.7. The van der Waals surface area contributed by atoms with E-state index in [9.17, 15) is 43.5 Å². The maximum Gasteiger partial charge on any atom is 0.472 e. The van der Waals surface area contributed by atoms with Crippen LogP contribution in [-0.4, -0.2) is 95.9 Å². The van der Waals surface area contributed by atoms with Crippen LogP contribution in [0, 0.1) is 0 Å². The maximum atomic E-state index is 12.8. The summed E-state index contributed by atoms with van der Waals surface area (Å²) < 4.78 is 60.8. The molecule has 0 saturated carbocycles. The number of aliphatic hydroxyl groups is 2. The monoisotopic (exact) mass is 1350 g/mol. The topological polar surface area (TPSA) is 231 Å². The number of hydrogen-bond acceptors (Lipinski definition) is 14. The molecular formula is C75H134O16P2. The fourth-order valence-electron chi connectivity index (χ4n) is 9.93. The third kappa shape index (κ3) is 69.9. The smallest absolute Gasteiger partial charge is 0.463 e. The molecule has 0 aromatic rings. The van der Waals surface area contributed by atoms with Crippen LogP contribution in [0.4, 0.5) is 0 Å². The van der Waals surface area contributed by atoms with Gasteiger partial charge in [-0.25, -0.2) is 9.13 Å². The van der Waals surface area contributed by atoms with Gasteiger partial charge in [-0.15, -0.1) is 0 Å². The van der Waals surface area contributed by atoms with Gasteiger partial charge in [-0.2, -0.15) is 0 Å². The molecule has 5 atom stereocenters. The molecule has 0 heterocycles. The molecule has 0 fully saturated rings. The van der Waals surface area contributed by atoms with Crippen molar-refractivity contribution in [3.8, 4) is 0 Å². The van der Waals surface area contributed by atoms with Crippen molar-refractivity contribution in [1.29, 1.82) is 0 Å². The van der Waals surface area contributed by atoms with E-state index in [4.69, 9.17) is 32.3 Å². The van der Waals surface area contributed by atoms with E-state index in [1.807, 2.05) is 0 Å². The number of rotatable bonds is 70. The Balaban J connectivity index is 4.28. The van der Waals surface area contributed by atoms with Gasteiger partial charge in [-0.3, -0.25) is 32.5 Å². The number of carbonyl (C=O) groups excluding carboxylic acids is 3. The second-order valence-corrected chi connectivity index (χ2v) is 27.6. The summed E-state index contributed by atoms with van der Waals surface area (Å²) >= 11 is 0. The van der Waals surface area contributed by atoms with Crippen molar-refractivity contribution in [2.24, 2.45) is 0 Å². The number of ether oxygens (including phenoxy) is 3. The zero-order valence-electron chi connectivity index (χ0n) is 58.7. The zero-order valence-corrected chi connectivity index (χ0v) is 60.5. The highest BCUT2D eigenvalue weighted by molar-refractivity contribution is 7.47. The molecule has 540 valence electrons. The van der Waals surface area contributed by atoms with Crippen LogP contribution in [-0.2, 0) is 55.8 Å². The minimum absolute atomic E-state index is 0.0950. The summed E-state index contributed by atoms with van der Waals surface area (Å²) in [5.74, 6) is -1.59. The second-order valence-electron chi connectivity index (χ2n) is 24.7. The Morgan fingerprint density at radius 3 is 0.946 bits per heavy atom. The molecule has 0 aromatic heterocycles. The molecule has 16 nitrogen and oxygen atoms in total. The van der Waals surface area contributed by atoms with Gasteiger partial charge in [0, 0.05) is 19.3 Å². The number of esters is 3. The Hall–Kier alpha value is -3.27. The summed E-state index contributed by atoms with van der Waals surface area (Å²) in [6.07, 6.45) is 75.3. The highest BCUT2D eigenvalue weighted by atomic mass is 31.2. The van der Waals surface area contributed by atoms with E-state index in [-0.39, 0.29) is 19.3 Å². The number of phosphoric acid groups is 2. The molecule has 0 aromatic carbocycles. The van der Waals surface area contributed by atoms with E-state index in [1.54, 1.807) is 0 Å². The van der Waals surface area contributed by atoms with Crippen molar-refractivity contribution in [3.05, 3.63) is 85.1 Å². The Morgan fingerprint density at radius 2 is 0.581 bits per heavy atom. The first-order chi connectivity index (χ1) is 45.2. The van der Waals surface area contributed by atoms with E-state index < -0.39 is 91.5 Å². The molecule has 0 radical (unpaired) electrons. The number of hydrogen-bond donors (Lipinski definition) is 4. The zero-order chi connectivity index (χ0) is 68.1. The van der Waals surface area contributed by atoms with Crippen LogP contribution in [0.3, 0.4) is 0 Å². The van der Waals surface area contributed by atoms with Crippen LogP contribution in [0.1, 0.15) is 316 Å². The normalized spacial score (nSPS) is 14.6. The van der Waals surface area contributed by atoms with Gasteiger partial charge in [0.1, 0.15) is 25.4 Å². The average molecular weight is 1350 g/mol. The Bertz CT molecular complexity index is 2040. The molecule has 4 N–H and O–H groups in total. The fourth-order valence-corrected chi connectivity index (χ4v) is 11.5. The first-order valence-electron chi connectivity index (χ1n) is 36.9. The van der Waals surface area contributed by atoms with Crippen LogP contribution in [0.15, 0.2) is 85.1 Å². The van der Waals surface area contributed by atoms with Gasteiger partial charge in [0.15, 0.2) is 6.10 Å². The molecule has 5 unspecified atom stereocenters. The molecule has 93 heavy (non-hydrogen) atoms. The van der Waals surface area contributed by atoms with Gasteiger partial charge in [0.25, 0.3) is 0 Å². The van der Waals surface area contributed by atoms with Gasteiger partial charge in [-0.05, 0) is 109 Å². The van der Waals surface area contributed by atoms with Gasteiger partial charge >= 0.3 is 33.6 Å². The van der Waals surface area contributed by atoms with Gasteiger partial charge < -0.3 is 34.2 Å². The van der Waals surface area contributed by atoms with Crippen molar-refractivity contribution >= 4 is 33.6 Å². The molecule has 0 aliphatic carbocycles. The van der Waals surface area contributed by atoms with Crippen LogP contribution >= 0.6 is 15.6 Å².